The first kappa shape index (κ1) is 31.6. The number of hydrogen-bond acceptors (Lipinski definition) is 7. The Bertz CT molecular complexity index is 1620. The summed E-state index contributed by atoms with van der Waals surface area (Å²) < 4.78 is 0. The number of nitrogens with one attached hydrogen (secondary N) is 4. The molecule has 0 spiro atoms. The Morgan fingerprint density at radius 2 is 1.23 bits per heavy atom. The van der Waals surface area contributed by atoms with E-state index in [1.807, 2.05) is 24.3 Å². The molecule has 9 N–H and O–H groups in total. The van der Waals surface area contributed by atoms with E-state index in [4.69, 9.17) is 5.73 Å². The maximum Gasteiger partial charge on any atom is 0.325 e. The SMILES string of the molecule is CC(NC(=O)C(Cc1ccc(O)cc1)NC(=O)C(Cc1ccc(O)cc1)NC(=O)C(N)Cc1c[nH]c2ccccc12)C(=O)O. The fourth-order valence-electron chi connectivity index (χ4n) is 4.71. The van der Waals surface area contributed by atoms with Gasteiger partial charge in [-0.15, -0.1) is 0 Å². The second-order valence-corrected chi connectivity index (χ2v) is 10.6. The number of carboxylic acids is 1. The summed E-state index contributed by atoms with van der Waals surface area (Å²) in [5.41, 5.74) is 9.22. The van der Waals surface area contributed by atoms with Gasteiger partial charge in [0.25, 0.3) is 0 Å². The highest BCUT2D eigenvalue weighted by molar-refractivity contribution is 5.94. The average Bonchev–Trinajstić information content (AvgIpc) is 3.40. The van der Waals surface area contributed by atoms with Crippen molar-refractivity contribution in [3.63, 3.8) is 0 Å². The van der Waals surface area contributed by atoms with Crippen LogP contribution in [0.2, 0.25) is 0 Å². The van der Waals surface area contributed by atoms with Crippen molar-refractivity contribution in [1.29, 1.82) is 0 Å². The third kappa shape index (κ3) is 8.35. The summed E-state index contributed by atoms with van der Waals surface area (Å²) in [4.78, 5) is 54.6. The predicted molar refractivity (Wildman–Crippen MR) is 163 cm³/mol. The van der Waals surface area contributed by atoms with Gasteiger partial charge >= 0.3 is 5.97 Å². The highest BCUT2D eigenvalue weighted by Crippen LogP contribution is 2.19. The summed E-state index contributed by atoms with van der Waals surface area (Å²) in [6.07, 6.45) is 1.96. The molecule has 12 nitrogen and oxygen atoms in total. The minimum atomic E-state index is -1.25. The van der Waals surface area contributed by atoms with E-state index in [0.717, 1.165) is 16.5 Å². The van der Waals surface area contributed by atoms with Crippen LogP contribution in [0.25, 0.3) is 10.9 Å². The van der Waals surface area contributed by atoms with Gasteiger partial charge in [0.1, 0.15) is 29.6 Å². The maximum absolute atomic E-state index is 13.7. The lowest BCUT2D eigenvalue weighted by Gasteiger charge is -2.25. The number of carbonyl (C=O) groups excluding carboxylic acids is 3. The Morgan fingerprint density at radius 3 is 1.77 bits per heavy atom. The third-order valence-corrected chi connectivity index (χ3v) is 7.20. The maximum atomic E-state index is 13.7. The number of phenolic OH excluding ortho intramolecular Hbond substituents is 2. The van der Waals surface area contributed by atoms with Crippen LogP contribution in [-0.2, 0) is 38.4 Å². The molecule has 0 aliphatic carbocycles. The Kier molecular flexibility index (Phi) is 10.2. The van der Waals surface area contributed by atoms with E-state index in [2.05, 4.69) is 20.9 Å². The Labute approximate surface area is 253 Å². The Morgan fingerprint density at radius 1 is 0.727 bits per heavy atom. The molecule has 1 aromatic heterocycles. The minimum absolute atomic E-state index is 0.0107. The van der Waals surface area contributed by atoms with Crippen LogP contribution in [0.15, 0.2) is 79.0 Å². The standard InChI is InChI=1S/C32H35N5O7/c1-18(32(43)44)35-30(41)27(14-19-6-10-22(38)11-7-19)37-31(42)28(15-20-8-12-23(39)13-9-20)36-29(40)25(33)16-21-17-34-26-5-3-2-4-24(21)26/h2-13,17-18,25,27-28,34,38-39H,14-16,33H2,1H3,(H,35,41)(H,36,40)(H,37,42)(H,43,44). The zero-order valence-corrected chi connectivity index (χ0v) is 24.0. The van der Waals surface area contributed by atoms with Crippen LogP contribution in [0, 0.1) is 0 Å². The smallest absolute Gasteiger partial charge is 0.325 e. The summed E-state index contributed by atoms with van der Waals surface area (Å²) in [5, 5.41) is 37.3. The van der Waals surface area contributed by atoms with E-state index < -0.39 is 47.9 Å². The molecular formula is C32H35N5O7. The van der Waals surface area contributed by atoms with Gasteiger partial charge in [0, 0.05) is 29.9 Å². The van der Waals surface area contributed by atoms with Crippen LogP contribution in [0.1, 0.15) is 23.6 Å². The third-order valence-electron chi connectivity index (χ3n) is 7.20. The molecule has 0 bridgehead atoms. The number of nitrogens with two attached hydrogens (primary N) is 1. The number of fused-ring (bicyclic) bond motifs is 1. The molecule has 0 fully saturated rings. The highest BCUT2D eigenvalue weighted by Gasteiger charge is 2.30. The molecule has 0 radical (unpaired) electrons. The number of hydrogen-bond donors (Lipinski definition) is 8. The number of carboxylic acid groups (broad SMARTS) is 1. The number of aromatic nitrogens is 1. The van der Waals surface area contributed by atoms with Crippen molar-refractivity contribution in [2.45, 2.75) is 50.4 Å². The monoisotopic (exact) mass is 601 g/mol. The van der Waals surface area contributed by atoms with Crippen LogP contribution >= 0.6 is 0 Å². The lowest BCUT2D eigenvalue weighted by molar-refractivity contribution is -0.141. The van der Waals surface area contributed by atoms with Crippen LogP contribution < -0.4 is 21.7 Å². The molecule has 0 saturated heterocycles. The van der Waals surface area contributed by atoms with Crippen LogP contribution in [0.3, 0.4) is 0 Å². The zero-order chi connectivity index (χ0) is 31.8. The van der Waals surface area contributed by atoms with E-state index in [0.29, 0.717) is 11.1 Å². The summed E-state index contributed by atoms with van der Waals surface area (Å²) in [7, 11) is 0. The Balaban J connectivity index is 1.54. The first-order valence-corrected chi connectivity index (χ1v) is 14.0. The molecule has 4 rings (SSSR count). The van der Waals surface area contributed by atoms with E-state index in [-0.39, 0.29) is 30.8 Å². The largest absolute Gasteiger partial charge is 0.508 e. The molecule has 0 saturated carbocycles. The second-order valence-electron chi connectivity index (χ2n) is 10.6. The van der Waals surface area contributed by atoms with Gasteiger partial charge in [0.05, 0.1) is 6.04 Å². The molecule has 44 heavy (non-hydrogen) atoms. The number of aromatic amines is 1. The predicted octanol–water partition coefficient (Wildman–Crippen LogP) is 1.49. The van der Waals surface area contributed by atoms with Crippen molar-refractivity contribution < 1.29 is 34.5 Å². The molecule has 0 aliphatic rings. The molecule has 1 heterocycles. The van der Waals surface area contributed by atoms with Crippen molar-refractivity contribution in [1.82, 2.24) is 20.9 Å². The lowest BCUT2D eigenvalue weighted by atomic mass is 10.0. The van der Waals surface area contributed by atoms with Gasteiger partial charge < -0.3 is 42.0 Å². The summed E-state index contributed by atoms with van der Waals surface area (Å²) in [6, 6.07) is 15.1. The average molecular weight is 602 g/mol. The van der Waals surface area contributed by atoms with Crippen molar-refractivity contribution in [3.8, 4) is 11.5 Å². The topological polar surface area (TPSA) is 207 Å². The van der Waals surface area contributed by atoms with Gasteiger partial charge in [-0.2, -0.15) is 0 Å². The summed E-state index contributed by atoms with van der Waals surface area (Å²) in [5.74, 6) is -3.25. The van der Waals surface area contributed by atoms with E-state index in [1.54, 1.807) is 30.5 Å². The molecule has 230 valence electrons. The van der Waals surface area contributed by atoms with Crippen molar-refractivity contribution in [2.24, 2.45) is 5.73 Å². The van der Waals surface area contributed by atoms with Gasteiger partial charge in [0.2, 0.25) is 17.7 Å². The number of benzene rings is 3. The van der Waals surface area contributed by atoms with E-state index in [1.165, 1.54) is 31.2 Å². The van der Waals surface area contributed by atoms with Gasteiger partial charge in [-0.3, -0.25) is 19.2 Å². The van der Waals surface area contributed by atoms with Gasteiger partial charge in [-0.1, -0.05) is 42.5 Å². The number of aliphatic carboxylic acids is 1. The molecule has 4 atom stereocenters. The first-order chi connectivity index (χ1) is 21.0. The molecule has 4 aromatic rings. The molecule has 12 heteroatoms. The quantitative estimate of drug-likeness (QED) is 0.112. The van der Waals surface area contributed by atoms with Crippen molar-refractivity contribution in [3.05, 3.63) is 95.7 Å². The summed E-state index contributed by atoms with van der Waals surface area (Å²) in [6.45, 7) is 1.29. The van der Waals surface area contributed by atoms with Crippen LogP contribution in [0.4, 0.5) is 0 Å². The van der Waals surface area contributed by atoms with Crippen LogP contribution in [-0.4, -0.2) is 68.2 Å². The number of phenols is 2. The van der Waals surface area contributed by atoms with Crippen molar-refractivity contribution in [2.75, 3.05) is 0 Å². The van der Waals surface area contributed by atoms with Gasteiger partial charge in [-0.05, 0) is 60.4 Å². The number of carbonyl (C=O) groups is 4. The number of rotatable bonds is 13. The van der Waals surface area contributed by atoms with Gasteiger partial charge in [-0.25, -0.2) is 0 Å². The molecule has 4 unspecified atom stereocenters. The van der Waals surface area contributed by atoms with Gasteiger partial charge in [0.15, 0.2) is 0 Å². The highest BCUT2D eigenvalue weighted by atomic mass is 16.4. The van der Waals surface area contributed by atoms with E-state index >= 15 is 0 Å². The molecular weight excluding hydrogens is 566 g/mol. The molecule has 3 aromatic carbocycles. The van der Waals surface area contributed by atoms with E-state index in [9.17, 15) is 34.5 Å². The molecule has 3 amide bonds. The van der Waals surface area contributed by atoms with Crippen molar-refractivity contribution >= 4 is 34.6 Å². The molecule has 0 aliphatic heterocycles. The zero-order valence-electron chi connectivity index (χ0n) is 24.0. The number of para-hydroxylation sites is 1. The normalized spacial score (nSPS) is 13.8. The number of H-pyrrole nitrogens is 1. The first-order valence-electron chi connectivity index (χ1n) is 14.0. The summed E-state index contributed by atoms with van der Waals surface area (Å²) >= 11 is 0. The number of aromatic hydroxyl groups is 2. The Hall–Kier alpha value is -5.36. The van der Waals surface area contributed by atoms with Crippen LogP contribution in [0.5, 0.6) is 11.5 Å². The fraction of sp³-hybridized carbons (Fsp3) is 0.250. The second kappa shape index (κ2) is 14.2. The number of amides is 3. The lowest BCUT2D eigenvalue weighted by Crippen LogP contribution is -2.58. The fourth-order valence-corrected chi connectivity index (χ4v) is 4.71. The minimum Gasteiger partial charge on any atom is -0.508 e.